The highest BCUT2D eigenvalue weighted by Gasteiger charge is 2.27. The van der Waals surface area contributed by atoms with Gasteiger partial charge in [0.2, 0.25) is 10.0 Å². The van der Waals surface area contributed by atoms with Crippen molar-refractivity contribution < 1.29 is 17.9 Å². The smallest absolute Gasteiger partial charge is 0.243 e. The zero-order valence-electron chi connectivity index (χ0n) is 12.8. The third-order valence-electron chi connectivity index (χ3n) is 4.29. The van der Waals surface area contributed by atoms with Crippen LogP contribution in [0.15, 0.2) is 29.2 Å². The maximum absolute atomic E-state index is 12.6. The van der Waals surface area contributed by atoms with E-state index in [0.29, 0.717) is 31.2 Å². The lowest BCUT2D eigenvalue weighted by atomic mass is 10.3. The Balaban J connectivity index is 1.73. The van der Waals surface area contributed by atoms with Gasteiger partial charge in [0.15, 0.2) is 0 Å². The summed E-state index contributed by atoms with van der Waals surface area (Å²) in [4.78, 5) is 2.57. The Labute approximate surface area is 131 Å². The van der Waals surface area contributed by atoms with E-state index in [1.54, 1.807) is 19.2 Å². The molecule has 22 heavy (non-hydrogen) atoms. The molecule has 1 atom stereocenters. The highest BCUT2D eigenvalue weighted by atomic mass is 32.2. The average molecular weight is 326 g/mol. The number of benzene rings is 1. The van der Waals surface area contributed by atoms with Crippen molar-refractivity contribution in [2.45, 2.75) is 17.4 Å². The molecule has 1 aromatic rings. The molecule has 0 N–H and O–H groups in total. The highest BCUT2D eigenvalue weighted by Crippen LogP contribution is 2.24. The molecule has 2 aliphatic heterocycles. The quantitative estimate of drug-likeness (QED) is 0.824. The molecule has 7 heteroatoms. The first-order chi connectivity index (χ1) is 10.6. The molecule has 0 amide bonds. The number of anilines is 1. The van der Waals surface area contributed by atoms with Crippen molar-refractivity contribution >= 4 is 15.7 Å². The summed E-state index contributed by atoms with van der Waals surface area (Å²) in [6, 6.07) is 7.15. The minimum Gasteiger partial charge on any atom is -0.380 e. The van der Waals surface area contributed by atoms with Crippen molar-refractivity contribution in [1.82, 2.24) is 4.31 Å². The summed E-state index contributed by atoms with van der Waals surface area (Å²) in [6.45, 7) is 3.56. The van der Waals surface area contributed by atoms with Crippen molar-refractivity contribution in [3.63, 3.8) is 0 Å². The van der Waals surface area contributed by atoms with E-state index in [9.17, 15) is 8.42 Å². The second kappa shape index (κ2) is 6.54. The van der Waals surface area contributed by atoms with Gasteiger partial charge in [-0.2, -0.15) is 4.31 Å². The minimum absolute atomic E-state index is 0.261. The predicted molar refractivity (Wildman–Crippen MR) is 83.6 cm³/mol. The summed E-state index contributed by atoms with van der Waals surface area (Å²) in [7, 11) is -1.68. The molecule has 2 fully saturated rings. The first-order valence-electron chi connectivity index (χ1n) is 7.57. The fourth-order valence-corrected chi connectivity index (χ4v) is 4.33. The highest BCUT2D eigenvalue weighted by molar-refractivity contribution is 7.89. The molecule has 2 aliphatic rings. The van der Waals surface area contributed by atoms with Gasteiger partial charge in [-0.25, -0.2) is 8.42 Å². The Morgan fingerprint density at radius 2 is 1.82 bits per heavy atom. The number of methoxy groups -OCH3 is 1. The van der Waals surface area contributed by atoms with Crippen LogP contribution in [0.25, 0.3) is 0 Å². The van der Waals surface area contributed by atoms with Crippen molar-refractivity contribution in [2.75, 3.05) is 51.4 Å². The topological polar surface area (TPSA) is 59.1 Å². The molecular weight excluding hydrogens is 304 g/mol. The van der Waals surface area contributed by atoms with Crippen molar-refractivity contribution in [1.29, 1.82) is 0 Å². The van der Waals surface area contributed by atoms with Crippen LogP contribution in [0, 0.1) is 0 Å². The van der Waals surface area contributed by atoms with Crippen LogP contribution in [0.2, 0.25) is 0 Å². The Kier molecular flexibility index (Phi) is 4.67. The van der Waals surface area contributed by atoms with Crippen LogP contribution in [0.4, 0.5) is 5.69 Å². The molecule has 0 saturated carbocycles. The molecule has 1 aromatic carbocycles. The van der Waals surface area contributed by atoms with Crippen molar-refractivity contribution in [2.24, 2.45) is 0 Å². The van der Waals surface area contributed by atoms with Crippen LogP contribution in [0.3, 0.4) is 0 Å². The first kappa shape index (κ1) is 15.7. The lowest BCUT2D eigenvalue weighted by molar-refractivity contribution is 0.0730. The van der Waals surface area contributed by atoms with Crippen LogP contribution in [0.5, 0.6) is 0 Å². The van der Waals surface area contributed by atoms with E-state index in [1.807, 2.05) is 12.1 Å². The average Bonchev–Trinajstić information content (AvgIpc) is 3.05. The summed E-state index contributed by atoms with van der Waals surface area (Å²) in [5.41, 5.74) is 1.04. The maximum atomic E-state index is 12.6. The number of hydrogen-bond acceptors (Lipinski definition) is 5. The van der Waals surface area contributed by atoms with Crippen molar-refractivity contribution in [3.8, 4) is 0 Å². The molecule has 0 spiro atoms. The SMILES string of the molecule is CO[C@H]1CCN(c2ccc(S(=O)(=O)N3CCOCC3)cc2)C1. The van der Waals surface area contributed by atoms with Crippen LogP contribution < -0.4 is 4.90 Å². The number of morpholine rings is 1. The minimum atomic E-state index is -3.41. The third-order valence-corrected chi connectivity index (χ3v) is 6.20. The van der Waals surface area contributed by atoms with E-state index in [-0.39, 0.29) is 6.10 Å². The molecule has 0 aromatic heterocycles. The monoisotopic (exact) mass is 326 g/mol. The predicted octanol–water partition coefficient (Wildman–Crippen LogP) is 0.933. The molecule has 0 aliphatic carbocycles. The van der Waals surface area contributed by atoms with E-state index < -0.39 is 10.0 Å². The molecule has 6 nitrogen and oxygen atoms in total. The summed E-state index contributed by atoms with van der Waals surface area (Å²) in [5.74, 6) is 0. The third kappa shape index (κ3) is 3.12. The van der Waals surface area contributed by atoms with Crippen LogP contribution >= 0.6 is 0 Å². The van der Waals surface area contributed by atoms with E-state index in [1.165, 1.54) is 4.31 Å². The van der Waals surface area contributed by atoms with Gasteiger partial charge in [0.25, 0.3) is 0 Å². The molecule has 0 bridgehead atoms. The maximum Gasteiger partial charge on any atom is 0.243 e. The molecule has 0 unspecified atom stereocenters. The zero-order valence-corrected chi connectivity index (χ0v) is 13.6. The van der Waals surface area contributed by atoms with Gasteiger partial charge in [-0.3, -0.25) is 0 Å². The van der Waals surface area contributed by atoms with Gasteiger partial charge in [0, 0.05) is 39.0 Å². The van der Waals surface area contributed by atoms with Crippen LogP contribution in [-0.2, 0) is 19.5 Å². The van der Waals surface area contributed by atoms with Gasteiger partial charge in [-0.1, -0.05) is 0 Å². The number of rotatable bonds is 4. The van der Waals surface area contributed by atoms with Gasteiger partial charge in [-0.15, -0.1) is 0 Å². The Morgan fingerprint density at radius 3 is 2.41 bits per heavy atom. The summed E-state index contributed by atoms with van der Waals surface area (Å²) < 4.78 is 37.2. The van der Waals surface area contributed by atoms with Gasteiger partial charge in [-0.05, 0) is 30.7 Å². The van der Waals surface area contributed by atoms with Crippen molar-refractivity contribution in [3.05, 3.63) is 24.3 Å². The van der Waals surface area contributed by atoms with E-state index in [4.69, 9.17) is 9.47 Å². The van der Waals surface area contributed by atoms with Crippen LogP contribution in [0.1, 0.15) is 6.42 Å². The lowest BCUT2D eigenvalue weighted by Crippen LogP contribution is -2.40. The second-order valence-corrected chi connectivity index (χ2v) is 7.54. The molecule has 3 rings (SSSR count). The van der Waals surface area contributed by atoms with Gasteiger partial charge >= 0.3 is 0 Å². The van der Waals surface area contributed by atoms with E-state index in [0.717, 1.165) is 25.2 Å². The molecule has 0 radical (unpaired) electrons. The van der Waals surface area contributed by atoms with E-state index >= 15 is 0 Å². The van der Waals surface area contributed by atoms with Gasteiger partial charge in [0.05, 0.1) is 24.2 Å². The Hall–Kier alpha value is -1.15. The van der Waals surface area contributed by atoms with Gasteiger partial charge in [0.1, 0.15) is 0 Å². The molecular formula is C15H22N2O4S. The normalized spacial score (nSPS) is 23.9. The number of sulfonamides is 1. The summed E-state index contributed by atoms with van der Waals surface area (Å²) in [6.07, 6.45) is 1.27. The Bertz CT molecular complexity index is 596. The van der Waals surface area contributed by atoms with Crippen LogP contribution in [-0.4, -0.2) is 65.3 Å². The Morgan fingerprint density at radius 1 is 1.14 bits per heavy atom. The first-order valence-corrected chi connectivity index (χ1v) is 9.01. The molecule has 122 valence electrons. The molecule has 2 saturated heterocycles. The second-order valence-electron chi connectivity index (χ2n) is 5.60. The fraction of sp³-hybridized carbons (Fsp3) is 0.600. The summed E-state index contributed by atoms with van der Waals surface area (Å²) >= 11 is 0. The standard InChI is InChI=1S/C15H22N2O4S/c1-20-14-6-7-16(12-14)13-2-4-15(5-3-13)22(18,19)17-8-10-21-11-9-17/h2-5,14H,6-12H2,1H3/t14-/m0/s1. The number of nitrogens with zero attached hydrogens (tertiary/aromatic N) is 2. The largest absolute Gasteiger partial charge is 0.380 e. The lowest BCUT2D eigenvalue weighted by Gasteiger charge is -2.26. The zero-order chi connectivity index (χ0) is 15.6. The van der Waals surface area contributed by atoms with Gasteiger partial charge < -0.3 is 14.4 Å². The number of ether oxygens (including phenoxy) is 2. The van der Waals surface area contributed by atoms with E-state index in [2.05, 4.69) is 4.90 Å². The molecule has 2 heterocycles. The number of hydrogen-bond donors (Lipinski definition) is 0. The fourth-order valence-electron chi connectivity index (χ4n) is 2.92. The summed E-state index contributed by atoms with van der Waals surface area (Å²) in [5, 5.41) is 0.